The second kappa shape index (κ2) is 5.83. The third kappa shape index (κ3) is 2.92. The largest absolute Gasteiger partial charge is 0.376 e. The molecule has 2 rings (SSSR count). The molecule has 2 nitrogen and oxygen atoms in total. The zero-order valence-electron chi connectivity index (χ0n) is 10.6. The fourth-order valence-corrected chi connectivity index (χ4v) is 4.44. The predicted octanol–water partition coefficient (Wildman–Crippen LogP) is 3.89. The van der Waals surface area contributed by atoms with E-state index in [0.29, 0.717) is 18.1 Å². The third-order valence-electron chi connectivity index (χ3n) is 3.32. The van der Waals surface area contributed by atoms with Crippen LogP contribution in [0.4, 0.5) is 0 Å². The minimum absolute atomic E-state index is 0.310. The summed E-state index contributed by atoms with van der Waals surface area (Å²) in [4.78, 5) is 2.73. The highest BCUT2D eigenvalue weighted by molar-refractivity contribution is 9.10. The molecule has 1 aromatic heterocycles. The fraction of sp³-hybridized carbons (Fsp3) is 0.692. The molecule has 0 spiro atoms. The van der Waals surface area contributed by atoms with Gasteiger partial charge in [0.25, 0.3) is 0 Å². The van der Waals surface area contributed by atoms with Gasteiger partial charge in [0.15, 0.2) is 0 Å². The molecule has 0 aromatic carbocycles. The Morgan fingerprint density at radius 1 is 1.65 bits per heavy atom. The number of ether oxygens (including phenoxy) is 1. The first kappa shape index (κ1) is 13.5. The Morgan fingerprint density at radius 2 is 2.41 bits per heavy atom. The number of likely N-dealkylation sites (N-methyl/N-ethyl adjacent to an activating group) is 1. The summed E-state index contributed by atoms with van der Waals surface area (Å²) in [6.45, 7) is 8.47. The summed E-state index contributed by atoms with van der Waals surface area (Å²) in [5, 5.41) is 3.58. The highest BCUT2D eigenvalue weighted by Gasteiger charge is 2.34. The summed E-state index contributed by atoms with van der Waals surface area (Å²) in [6.07, 6.45) is 1.48. The van der Waals surface area contributed by atoms with Crippen LogP contribution in [0, 0.1) is 12.8 Å². The van der Waals surface area contributed by atoms with Crippen molar-refractivity contribution in [3.8, 4) is 0 Å². The van der Waals surface area contributed by atoms with Crippen molar-refractivity contribution < 1.29 is 4.74 Å². The van der Waals surface area contributed by atoms with Gasteiger partial charge in [-0.05, 0) is 47.8 Å². The number of hydrogen-bond acceptors (Lipinski definition) is 3. The van der Waals surface area contributed by atoms with Crippen molar-refractivity contribution in [2.24, 2.45) is 5.92 Å². The summed E-state index contributed by atoms with van der Waals surface area (Å²) >= 11 is 5.53. The van der Waals surface area contributed by atoms with Crippen LogP contribution in [0.15, 0.2) is 10.5 Å². The molecule has 17 heavy (non-hydrogen) atoms. The molecule has 96 valence electrons. The van der Waals surface area contributed by atoms with E-state index in [2.05, 4.69) is 48.1 Å². The molecule has 0 amide bonds. The highest BCUT2D eigenvalue weighted by Crippen LogP contribution is 2.38. The fourth-order valence-electron chi connectivity index (χ4n) is 2.43. The van der Waals surface area contributed by atoms with Crippen LogP contribution in [0.25, 0.3) is 0 Å². The molecule has 1 aliphatic rings. The SMILES string of the molecule is CCNC(c1sc(C)cc1Br)C1OCCC1C. The Bertz CT molecular complexity index is 379. The van der Waals surface area contributed by atoms with Gasteiger partial charge < -0.3 is 10.1 Å². The van der Waals surface area contributed by atoms with Crippen LogP contribution in [-0.4, -0.2) is 19.3 Å². The smallest absolute Gasteiger partial charge is 0.0804 e. The van der Waals surface area contributed by atoms with E-state index in [1.165, 1.54) is 20.6 Å². The van der Waals surface area contributed by atoms with Gasteiger partial charge in [0.05, 0.1) is 12.1 Å². The highest BCUT2D eigenvalue weighted by atomic mass is 79.9. The molecule has 3 unspecified atom stereocenters. The lowest BCUT2D eigenvalue weighted by atomic mass is 9.96. The van der Waals surface area contributed by atoms with Crippen molar-refractivity contribution in [3.05, 3.63) is 20.3 Å². The zero-order chi connectivity index (χ0) is 12.4. The van der Waals surface area contributed by atoms with Crippen LogP contribution in [0.2, 0.25) is 0 Å². The molecule has 0 radical (unpaired) electrons. The van der Waals surface area contributed by atoms with E-state index in [9.17, 15) is 0 Å². The van der Waals surface area contributed by atoms with Crippen molar-refractivity contribution in [2.45, 2.75) is 39.3 Å². The molecule has 1 aliphatic heterocycles. The van der Waals surface area contributed by atoms with E-state index in [-0.39, 0.29) is 0 Å². The number of thiophene rings is 1. The summed E-state index contributed by atoms with van der Waals surface area (Å²) in [6, 6.07) is 2.52. The van der Waals surface area contributed by atoms with E-state index in [4.69, 9.17) is 4.74 Å². The van der Waals surface area contributed by atoms with Crippen LogP contribution in [-0.2, 0) is 4.74 Å². The Balaban J connectivity index is 2.25. The Kier molecular flexibility index (Phi) is 4.64. The molecular weight excluding hydrogens is 298 g/mol. The Labute approximate surface area is 116 Å². The summed E-state index contributed by atoms with van der Waals surface area (Å²) in [7, 11) is 0. The summed E-state index contributed by atoms with van der Waals surface area (Å²) in [5.74, 6) is 0.633. The molecule has 1 saturated heterocycles. The van der Waals surface area contributed by atoms with Gasteiger partial charge >= 0.3 is 0 Å². The second-order valence-corrected chi connectivity index (χ2v) is 6.85. The quantitative estimate of drug-likeness (QED) is 0.909. The monoisotopic (exact) mass is 317 g/mol. The molecule has 0 saturated carbocycles. The lowest BCUT2D eigenvalue weighted by Crippen LogP contribution is -2.34. The van der Waals surface area contributed by atoms with Crippen LogP contribution in [0.3, 0.4) is 0 Å². The maximum Gasteiger partial charge on any atom is 0.0804 e. The van der Waals surface area contributed by atoms with E-state index >= 15 is 0 Å². The van der Waals surface area contributed by atoms with Crippen molar-refractivity contribution in [3.63, 3.8) is 0 Å². The average Bonchev–Trinajstić information content (AvgIpc) is 2.82. The number of nitrogens with one attached hydrogen (secondary N) is 1. The van der Waals surface area contributed by atoms with E-state index < -0.39 is 0 Å². The predicted molar refractivity (Wildman–Crippen MR) is 76.7 cm³/mol. The van der Waals surface area contributed by atoms with E-state index in [0.717, 1.165) is 13.2 Å². The van der Waals surface area contributed by atoms with Crippen molar-refractivity contribution in [1.82, 2.24) is 5.32 Å². The number of aryl methyl sites for hydroxylation is 1. The normalized spacial score (nSPS) is 26.4. The second-order valence-electron chi connectivity index (χ2n) is 4.71. The van der Waals surface area contributed by atoms with E-state index in [1.807, 2.05) is 11.3 Å². The maximum atomic E-state index is 5.92. The van der Waals surface area contributed by atoms with Gasteiger partial charge in [-0.1, -0.05) is 13.8 Å². The van der Waals surface area contributed by atoms with Gasteiger partial charge in [-0.3, -0.25) is 0 Å². The molecule has 0 bridgehead atoms. The first-order chi connectivity index (χ1) is 8.13. The summed E-state index contributed by atoms with van der Waals surface area (Å²) in [5.41, 5.74) is 0. The Hall–Kier alpha value is 0.1000. The zero-order valence-corrected chi connectivity index (χ0v) is 13.0. The van der Waals surface area contributed by atoms with Crippen LogP contribution in [0.1, 0.15) is 36.1 Å². The molecule has 0 aliphatic carbocycles. The van der Waals surface area contributed by atoms with Gasteiger partial charge in [-0.15, -0.1) is 11.3 Å². The average molecular weight is 318 g/mol. The van der Waals surface area contributed by atoms with Crippen LogP contribution >= 0.6 is 27.3 Å². The molecule has 3 atom stereocenters. The van der Waals surface area contributed by atoms with Gasteiger partial charge in [0, 0.05) is 20.8 Å². The standard InChI is InChI=1S/C13H20BrNOS/c1-4-15-11(12-8(2)5-6-16-12)13-10(14)7-9(3)17-13/h7-8,11-12,15H,4-6H2,1-3H3. The first-order valence-electron chi connectivity index (χ1n) is 6.24. The molecule has 1 N–H and O–H groups in total. The molecule has 2 heterocycles. The lowest BCUT2D eigenvalue weighted by Gasteiger charge is -2.26. The Morgan fingerprint density at radius 3 is 2.88 bits per heavy atom. The van der Waals surface area contributed by atoms with Gasteiger partial charge in [0.1, 0.15) is 0 Å². The minimum Gasteiger partial charge on any atom is -0.376 e. The van der Waals surface area contributed by atoms with E-state index in [1.54, 1.807) is 0 Å². The summed E-state index contributed by atoms with van der Waals surface area (Å²) < 4.78 is 7.14. The maximum absolute atomic E-state index is 5.92. The van der Waals surface area contributed by atoms with Crippen molar-refractivity contribution in [1.29, 1.82) is 0 Å². The van der Waals surface area contributed by atoms with Crippen LogP contribution < -0.4 is 5.32 Å². The van der Waals surface area contributed by atoms with Crippen LogP contribution in [0.5, 0.6) is 0 Å². The minimum atomic E-state index is 0.310. The number of hydrogen-bond donors (Lipinski definition) is 1. The molecule has 1 aromatic rings. The third-order valence-corrected chi connectivity index (χ3v) is 5.37. The van der Waals surface area contributed by atoms with Gasteiger partial charge in [-0.25, -0.2) is 0 Å². The number of halogens is 1. The molecule has 1 fully saturated rings. The topological polar surface area (TPSA) is 21.3 Å². The molecular formula is C13H20BrNOS. The van der Waals surface area contributed by atoms with Gasteiger partial charge in [-0.2, -0.15) is 0 Å². The molecule has 4 heteroatoms. The first-order valence-corrected chi connectivity index (χ1v) is 7.85. The lowest BCUT2D eigenvalue weighted by molar-refractivity contribution is 0.0621. The van der Waals surface area contributed by atoms with Gasteiger partial charge in [0.2, 0.25) is 0 Å². The van der Waals surface area contributed by atoms with Crippen molar-refractivity contribution in [2.75, 3.05) is 13.2 Å². The van der Waals surface area contributed by atoms with Crippen molar-refractivity contribution >= 4 is 27.3 Å². The number of rotatable bonds is 4.